The lowest BCUT2D eigenvalue weighted by atomic mass is 10.3. The lowest BCUT2D eigenvalue weighted by Crippen LogP contribution is -2.34. The van der Waals surface area contributed by atoms with Crippen LogP contribution in [0.2, 0.25) is 0 Å². The number of hydrogen-bond donors (Lipinski definition) is 0. The summed E-state index contributed by atoms with van der Waals surface area (Å²) >= 11 is 0. The van der Waals surface area contributed by atoms with E-state index in [0.29, 0.717) is 13.2 Å². The molecule has 74 valence electrons. The Hall–Kier alpha value is -0.220. The van der Waals surface area contributed by atoms with Gasteiger partial charge in [0.05, 0.1) is 13.2 Å². The maximum atomic E-state index is 12.5. The molecular formula is C8H17F2NO. The van der Waals surface area contributed by atoms with Crippen molar-refractivity contribution in [3.63, 3.8) is 0 Å². The molecule has 1 heterocycles. The van der Waals surface area contributed by atoms with Crippen LogP contribution in [0, 0.1) is 0 Å². The van der Waals surface area contributed by atoms with E-state index in [-0.39, 0.29) is 6.54 Å². The molecule has 0 aromatic rings. The summed E-state index contributed by atoms with van der Waals surface area (Å²) in [5, 5.41) is 0. The van der Waals surface area contributed by atoms with E-state index in [4.69, 9.17) is 0 Å². The van der Waals surface area contributed by atoms with Gasteiger partial charge in [-0.2, -0.15) is 0 Å². The highest BCUT2D eigenvalue weighted by Crippen LogP contribution is 2.16. The molecular weight excluding hydrogens is 164 g/mol. The summed E-state index contributed by atoms with van der Waals surface area (Å²) in [7, 11) is 1.67. The van der Waals surface area contributed by atoms with Gasteiger partial charge in [-0.05, 0) is 7.05 Å². The van der Waals surface area contributed by atoms with E-state index in [0.717, 1.165) is 0 Å². The molecule has 0 aromatic heterocycles. The third-order valence-electron chi connectivity index (χ3n) is 1.43. The smallest absolute Gasteiger partial charge is 0.283 e. The van der Waals surface area contributed by atoms with E-state index in [2.05, 4.69) is 4.74 Å². The highest BCUT2D eigenvalue weighted by molar-refractivity contribution is 4.72. The first-order valence-corrected chi connectivity index (χ1v) is 4.24. The fourth-order valence-electron chi connectivity index (χ4n) is 0.961. The first-order chi connectivity index (χ1) is 5.60. The summed E-state index contributed by atoms with van der Waals surface area (Å²) in [6, 6.07) is 0. The number of alkyl halides is 2. The minimum Gasteiger partial charge on any atom is -0.374 e. The Labute approximate surface area is 72.5 Å². The van der Waals surface area contributed by atoms with Gasteiger partial charge in [0, 0.05) is 6.54 Å². The third-order valence-corrected chi connectivity index (χ3v) is 1.43. The summed E-state index contributed by atoms with van der Waals surface area (Å²) in [6.07, 6.45) is 0. The fraction of sp³-hybridized carbons (Fsp3) is 1.00. The van der Waals surface area contributed by atoms with Crippen molar-refractivity contribution in [1.29, 1.82) is 0 Å². The number of halogens is 2. The molecule has 0 radical (unpaired) electrons. The Kier molecular flexibility index (Phi) is 5.33. The third kappa shape index (κ3) is 4.62. The molecule has 0 amide bonds. The van der Waals surface area contributed by atoms with Gasteiger partial charge >= 0.3 is 0 Å². The maximum absolute atomic E-state index is 12.5. The van der Waals surface area contributed by atoms with E-state index in [9.17, 15) is 8.78 Å². The maximum Gasteiger partial charge on any atom is 0.283 e. The second kappa shape index (κ2) is 5.43. The predicted molar refractivity (Wildman–Crippen MR) is 44.6 cm³/mol. The van der Waals surface area contributed by atoms with Crippen LogP contribution in [0.15, 0.2) is 0 Å². The zero-order valence-corrected chi connectivity index (χ0v) is 7.94. The molecule has 1 aliphatic heterocycles. The molecule has 12 heavy (non-hydrogen) atoms. The SMILES string of the molecule is CC.CN1CCOCC(F)(F)C1. The summed E-state index contributed by atoms with van der Waals surface area (Å²) in [5.74, 6) is -2.66. The highest BCUT2D eigenvalue weighted by atomic mass is 19.3. The van der Waals surface area contributed by atoms with Crippen molar-refractivity contribution < 1.29 is 13.5 Å². The molecule has 1 fully saturated rings. The van der Waals surface area contributed by atoms with Crippen LogP contribution in [-0.4, -0.2) is 44.2 Å². The Balaban J connectivity index is 0.000000561. The molecule has 4 heteroatoms. The average Bonchev–Trinajstić information content (AvgIpc) is 2.14. The number of ether oxygens (including phenoxy) is 1. The molecule has 0 spiro atoms. The van der Waals surface area contributed by atoms with Crippen LogP contribution in [-0.2, 0) is 4.74 Å². The van der Waals surface area contributed by atoms with Crippen molar-refractivity contribution >= 4 is 0 Å². The van der Waals surface area contributed by atoms with Gasteiger partial charge in [-0.1, -0.05) is 13.8 Å². The molecule has 2 nitrogen and oxygen atoms in total. The van der Waals surface area contributed by atoms with E-state index >= 15 is 0 Å². The van der Waals surface area contributed by atoms with Crippen LogP contribution in [0.4, 0.5) is 8.78 Å². The fourth-order valence-corrected chi connectivity index (χ4v) is 0.961. The molecule has 0 N–H and O–H groups in total. The standard InChI is InChI=1S/C6H11F2NO.C2H6/c1-9-2-3-10-5-6(7,8)4-9;1-2/h2-5H2,1H3;1-2H3. The van der Waals surface area contributed by atoms with Crippen LogP contribution >= 0.6 is 0 Å². The van der Waals surface area contributed by atoms with Crippen molar-refractivity contribution in [1.82, 2.24) is 4.90 Å². The van der Waals surface area contributed by atoms with Gasteiger partial charge in [-0.15, -0.1) is 0 Å². The van der Waals surface area contributed by atoms with Gasteiger partial charge in [0.25, 0.3) is 5.92 Å². The second-order valence-electron chi connectivity index (χ2n) is 2.65. The Bertz CT molecular complexity index is 120. The molecule has 0 atom stereocenters. The first kappa shape index (κ1) is 11.8. The monoisotopic (exact) mass is 181 g/mol. The van der Waals surface area contributed by atoms with E-state index in [1.807, 2.05) is 13.8 Å². The van der Waals surface area contributed by atoms with E-state index in [1.54, 1.807) is 11.9 Å². The molecule has 1 saturated heterocycles. The molecule has 0 unspecified atom stereocenters. The van der Waals surface area contributed by atoms with Crippen LogP contribution < -0.4 is 0 Å². The van der Waals surface area contributed by atoms with Crippen molar-refractivity contribution in [2.24, 2.45) is 0 Å². The summed E-state index contributed by atoms with van der Waals surface area (Å²) in [5.41, 5.74) is 0. The highest BCUT2D eigenvalue weighted by Gasteiger charge is 2.32. The zero-order valence-electron chi connectivity index (χ0n) is 7.94. The Morgan fingerprint density at radius 3 is 2.50 bits per heavy atom. The Morgan fingerprint density at radius 2 is 1.92 bits per heavy atom. The number of hydrogen-bond acceptors (Lipinski definition) is 2. The van der Waals surface area contributed by atoms with Crippen LogP contribution in [0.5, 0.6) is 0 Å². The van der Waals surface area contributed by atoms with Crippen molar-refractivity contribution in [2.75, 3.05) is 33.4 Å². The van der Waals surface area contributed by atoms with Gasteiger partial charge in [0.2, 0.25) is 0 Å². The van der Waals surface area contributed by atoms with Crippen molar-refractivity contribution in [3.8, 4) is 0 Å². The predicted octanol–water partition coefficient (Wildman–Crippen LogP) is 1.61. The van der Waals surface area contributed by atoms with Crippen molar-refractivity contribution in [3.05, 3.63) is 0 Å². The van der Waals surface area contributed by atoms with Gasteiger partial charge in [0.1, 0.15) is 6.61 Å². The summed E-state index contributed by atoms with van der Waals surface area (Å²) in [4.78, 5) is 1.58. The van der Waals surface area contributed by atoms with Gasteiger partial charge in [-0.25, -0.2) is 8.78 Å². The molecule has 1 rings (SSSR count). The van der Waals surface area contributed by atoms with Gasteiger partial charge in [0.15, 0.2) is 0 Å². The molecule has 1 aliphatic rings. The number of likely N-dealkylation sites (N-methyl/N-ethyl adjacent to an activating group) is 1. The Morgan fingerprint density at radius 1 is 1.33 bits per heavy atom. The van der Waals surface area contributed by atoms with Crippen LogP contribution in [0.3, 0.4) is 0 Å². The minimum atomic E-state index is -2.66. The summed E-state index contributed by atoms with van der Waals surface area (Å²) < 4.78 is 29.8. The molecule has 0 aromatic carbocycles. The normalized spacial score (nSPS) is 23.8. The quantitative estimate of drug-likeness (QED) is 0.563. The molecule has 0 bridgehead atoms. The van der Waals surface area contributed by atoms with Crippen molar-refractivity contribution in [2.45, 2.75) is 19.8 Å². The lowest BCUT2D eigenvalue weighted by molar-refractivity contribution is -0.0664. The van der Waals surface area contributed by atoms with Crippen LogP contribution in [0.1, 0.15) is 13.8 Å². The number of rotatable bonds is 0. The van der Waals surface area contributed by atoms with E-state index in [1.165, 1.54) is 0 Å². The first-order valence-electron chi connectivity index (χ1n) is 4.24. The van der Waals surface area contributed by atoms with Gasteiger partial charge in [-0.3, -0.25) is 4.90 Å². The minimum absolute atomic E-state index is 0.188. The lowest BCUT2D eigenvalue weighted by Gasteiger charge is -2.17. The molecule has 0 aliphatic carbocycles. The largest absolute Gasteiger partial charge is 0.374 e. The topological polar surface area (TPSA) is 12.5 Å². The van der Waals surface area contributed by atoms with Crippen LogP contribution in [0.25, 0.3) is 0 Å². The second-order valence-corrected chi connectivity index (χ2v) is 2.65. The van der Waals surface area contributed by atoms with E-state index < -0.39 is 12.5 Å². The molecule has 0 saturated carbocycles. The van der Waals surface area contributed by atoms with Gasteiger partial charge < -0.3 is 4.74 Å². The average molecular weight is 181 g/mol. The number of nitrogens with zero attached hydrogens (tertiary/aromatic N) is 1. The zero-order chi connectivity index (χ0) is 9.61. The summed E-state index contributed by atoms with van der Waals surface area (Å²) in [6.45, 7) is 4.38.